The van der Waals surface area contributed by atoms with Gasteiger partial charge in [0.1, 0.15) is 6.10 Å². The average Bonchev–Trinajstić information content (AvgIpc) is 2.60. The summed E-state index contributed by atoms with van der Waals surface area (Å²) in [5, 5.41) is 38.2. The molecule has 6 nitrogen and oxygen atoms in total. The molecular weight excluding hydrogens is 345 g/mol. The van der Waals surface area contributed by atoms with E-state index < -0.39 is 24.1 Å². The molecule has 0 rings (SSSR count). The molecule has 0 fully saturated rings. The van der Waals surface area contributed by atoms with E-state index in [1.807, 2.05) is 0 Å². The molecule has 0 spiro atoms. The number of aliphatic imine (C=N–C) groups is 1. The molecule has 3 N–H and O–H groups in total. The van der Waals surface area contributed by atoms with Crippen molar-refractivity contribution < 1.29 is 54.8 Å². The summed E-state index contributed by atoms with van der Waals surface area (Å²) in [5.41, 5.74) is 0. The molecule has 7 heteroatoms. The summed E-state index contributed by atoms with van der Waals surface area (Å²) in [5.74, 6) is -2.59. The first-order chi connectivity index (χ1) is 12.0. The number of rotatable bonds is 17. The van der Waals surface area contributed by atoms with Crippen molar-refractivity contribution in [3.63, 3.8) is 0 Å². The van der Waals surface area contributed by atoms with Gasteiger partial charge < -0.3 is 25.4 Å². The third-order valence-corrected chi connectivity index (χ3v) is 4.33. The van der Waals surface area contributed by atoms with E-state index in [-0.39, 0.29) is 36.1 Å². The summed E-state index contributed by atoms with van der Waals surface area (Å²) < 4.78 is 0. The van der Waals surface area contributed by atoms with Gasteiger partial charge in [0.2, 0.25) is 0 Å². The molecule has 0 bridgehead atoms. The summed E-state index contributed by atoms with van der Waals surface area (Å²) in [6.07, 6.45) is 11.8. The third-order valence-electron chi connectivity index (χ3n) is 4.33. The molecule has 26 heavy (non-hydrogen) atoms. The number of hydrogen-bond acceptors (Lipinski definition) is 5. The van der Waals surface area contributed by atoms with Gasteiger partial charge in [-0.25, -0.2) is 4.79 Å². The van der Waals surface area contributed by atoms with Gasteiger partial charge in [-0.15, -0.1) is 0 Å². The maximum Gasteiger partial charge on any atom is 1.00 e. The van der Waals surface area contributed by atoms with Gasteiger partial charge >= 0.3 is 35.5 Å². The molecule has 148 valence electrons. The molecule has 0 aliphatic heterocycles. The van der Waals surface area contributed by atoms with Crippen molar-refractivity contribution in [2.75, 3.05) is 6.54 Å². The quantitative estimate of drug-likeness (QED) is 0.138. The Morgan fingerprint density at radius 3 is 1.58 bits per heavy atom. The Labute approximate surface area is 180 Å². The summed E-state index contributed by atoms with van der Waals surface area (Å²) in [7, 11) is 0. The van der Waals surface area contributed by atoms with E-state index in [0.717, 1.165) is 19.3 Å². The number of unbranched alkanes of at least 4 members (excludes halogenated alkanes) is 12. The monoisotopic (exact) mass is 381 g/mol. The van der Waals surface area contributed by atoms with Crippen LogP contribution in [0.3, 0.4) is 0 Å². The molecule has 0 aliphatic carbocycles. The number of aliphatic carboxylic acids is 1. The first-order valence-electron chi connectivity index (χ1n) is 9.81. The van der Waals surface area contributed by atoms with Crippen LogP contribution >= 0.6 is 0 Å². The number of carboxylic acid groups (broad SMARTS) is 1. The van der Waals surface area contributed by atoms with Gasteiger partial charge in [0.15, 0.2) is 6.10 Å². The first-order valence-corrected chi connectivity index (χ1v) is 9.81. The zero-order valence-corrected chi connectivity index (χ0v) is 18.7. The van der Waals surface area contributed by atoms with Crippen LogP contribution in [0, 0.1) is 0 Å². The summed E-state index contributed by atoms with van der Waals surface area (Å²) in [4.78, 5) is 14.0. The second kappa shape index (κ2) is 19.6. The van der Waals surface area contributed by atoms with Gasteiger partial charge in [-0.3, -0.25) is 0 Å². The molecule has 2 unspecified atom stereocenters. The number of carboxylic acids is 1. The topological polar surface area (TPSA) is 113 Å². The van der Waals surface area contributed by atoms with E-state index in [2.05, 4.69) is 11.9 Å². The maximum atomic E-state index is 11.4. The fourth-order valence-corrected chi connectivity index (χ4v) is 2.68. The Bertz CT molecular complexity index is 366. The minimum Gasteiger partial charge on any atom is -0.860 e. The van der Waals surface area contributed by atoms with Crippen LogP contribution in [-0.2, 0) is 4.79 Å². The predicted molar refractivity (Wildman–Crippen MR) is 97.6 cm³/mol. The van der Waals surface area contributed by atoms with Crippen LogP contribution in [-0.4, -0.2) is 45.9 Å². The summed E-state index contributed by atoms with van der Waals surface area (Å²) >= 11 is 0. The van der Waals surface area contributed by atoms with Crippen LogP contribution < -0.4 is 34.7 Å². The first kappa shape index (κ1) is 28.1. The smallest absolute Gasteiger partial charge is 0.860 e. The predicted octanol–water partition coefficient (Wildman–Crippen LogP) is -0.353. The van der Waals surface area contributed by atoms with Crippen LogP contribution in [0.5, 0.6) is 0 Å². The average molecular weight is 381 g/mol. The molecule has 0 saturated carbocycles. The van der Waals surface area contributed by atoms with Gasteiger partial charge in [-0.1, -0.05) is 84.0 Å². The van der Waals surface area contributed by atoms with E-state index >= 15 is 0 Å². The minimum absolute atomic E-state index is 0. The van der Waals surface area contributed by atoms with Crippen molar-refractivity contribution >= 4 is 11.9 Å². The number of nitrogens with zero attached hydrogens (tertiary/aromatic N) is 1. The third kappa shape index (κ3) is 16.1. The van der Waals surface area contributed by atoms with Gasteiger partial charge in [0, 0.05) is 6.54 Å². The minimum atomic E-state index is -2.11. The van der Waals surface area contributed by atoms with Gasteiger partial charge in [0.25, 0.3) is 0 Å². The molecule has 0 aromatic heterocycles. The van der Waals surface area contributed by atoms with Crippen LogP contribution in [0.25, 0.3) is 0 Å². The fourth-order valence-electron chi connectivity index (χ4n) is 2.68. The molecule has 0 saturated heterocycles. The van der Waals surface area contributed by atoms with Crippen molar-refractivity contribution in [2.24, 2.45) is 4.99 Å². The van der Waals surface area contributed by atoms with Crippen molar-refractivity contribution in [2.45, 2.75) is 103 Å². The molecule has 0 heterocycles. The summed E-state index contributed by atoms with van der Waals surface area (Å²) in [6, 6.07) is 0. The van der Waals surface area contributed by atoms with Crippen molar-refractivity contribution in [3.8, 4) is 0 Å². The number of carbonyl (C=O) groups is 1. The van der Waals surface area contributed by atoms with Crippen molar-refractivity contribution in [1.29, 1.82) is 0 Å². The standard InChI is InChI=1S/C19H37NO5.Na/c1-2-3-4-5-6-7-8-9-10-11-12-13-14-15-20-18(23)16(21)17(22)19(24)25;/h16-17,21-22H,2-15H2,1H3,(H,20,23)(H,24,25);/q;+1/p-1. The second-order valence-corrected chi connectivity index (χ2v) is 6.69. The normalized spacial score (nSPS) is 13.9. The number of hydrogen-bond donors (Lipinski definition) is 3. The van der Waals surface area contributed by atoms with E-state index in [0.29, 0.717) is 0 Å². The number of aliphatic hydroxyl groups excluding tert-OH is 2. The SMILES string of the molecule is CCCCCCCCCCCCCCCN=C([O-])C(O)C(O)C(=O)O.[Na+]. The zero-order valence-electron chi connectivity index (χ0n) is 16.7. The Kier molecular flexibility index (Phi) is 21.2. The van der Waals surface area contributed by atoms with Crippen LogP contribution in [0.15, 0.2) is 4.99 Å². The molecule has 2 atom stereocenters. The van der Waals surface area contributed by atoms with E-state index in [4.69, 9.17) is 10.2 Å². The van der Waals surface area contributed by atoms with Crippen molar-refractivity contribution in [3.05, 3.63) is 0 Å². The largest absolute Gasteiger partial charge is 1.00 e. The Morgan fingerprint density at radius 2 is 1.19 bits per heavy atom. The number of aliphatic hydroxyl groups is 2. The fraction of sp³-hybridized carbons (Fsp3) is 0.895. The van der Waals surface area contributed by atoms with E-state index in [1.165, 1.54) is 64.2 Å². The van der Waals surface area contributed by atoms with E-state index in [9.17, 15) is 15.0 Å². The van der Waals surface area contributed by atoms with Crippen LogP contribution in [0.1, 0.15) is 90.4 Å². The Balaban J connectivity index is 0. The maximum absolute atomic E-state index is 11.4. The van der Waals surface area contributed by atoms with Gasteiger partial charge in [-0.2, -0.15) is 0 Å². The zero-order chi connectivity index (χ0) is 18.9. The molecule has 0 radical (unpaired) electrons. The van der Waals surface area contributed by atoms with Crippen LogP contribution in [0.4, 0.5) is 0 Å². The Morgan fingerprint density at radius 1 is 0.808 bits per heavy atom. The second-order valence-electron chi connectivity index (χ2n) is 6.69. The van der Waals surface area contributed by atoms with E-state index in [1.54, 1.807) is 0 Å². The molecular formula is C19H36NNaO5. The summed E-state index contributed by atoms with van der Waals surface area (Å²) in [6.45, 7) is 2.50. The molecule has 0 aromatic carbocycles. The molecule has 0 aromatic rings. The molecule has 0 aliphatic rings. The van der Waals surface area contributed by atoms with Gasteiger partial charge in [-0.05, 0) is 12.3 Å². The Hall–Kier alpha value is -0.140. The van der Waals surface area contributed by atoms with Gasteiger partial charge in [0.05, 0.1) is 0 Å². The van der Waals surface area contributed by atoms with Crippen LogP contribution in [0.2, 0.25) is 0 Å². The van der Waals surface area contributed by atoms with Crippen molar-refractivity contribution in [1.82, 2.24) is 0 Å². The molecule has 0 amide bonds.